The molecule has 0 atom stereocenters. The van der Waals surface area contributed by atoms with Gasteiger partial charge < -0.3 is 15.4 Å². The molecule has 0 saturated heterocycles. The fraction of sp³-hybridized carbons (Fsp3) is 0.0667. The van der Waals surface area contributed by atoms with Crippen molar-refractivity contribution in [1.82, 2.24) is 0 Å². The first-order valence-corrected chi connectivity index (χ1v) is 6.50. The highest BCUT2D eigenvalue weighted by Gasteiger charge is 2.15. The van der Waals surface area contributed by atoms with Crippen molar-refractivity contribution in [2.75, 3.05) is 17.7 Å². The van der Waals surface area contributed by atoms with E-state index < -0.39 is 16.7 Å². The van der Waals surface area contributed by atoms with Crippen LogP contribution in [-0.4, -0.2) is 23.8 Å². The highest BCUT2D eigenvalue weighted by Crippen LogP contribution is 2.18. The molecule has 0 aliphatic rings. The molecule has 23 heavy (non-hydrogen) atoms. The van der Waals surface area contributed by atoms with E-state index in [-0.39, 0.29) is 11.4 Å². The van der Waals surface area contributed by atoms with E-state index in [0.29, 0.717) is 11.4 Å². The van der Waals surface area contributed by atoms with Gasteiger partial charge in [0.1, 0.15) is 5.75 Å². The van der Waals surface area contributed by atoms with Gasteiger partial charge in [0.05, 0.1) is 12.0 Å². The first kappa shape index (κ1) is 16.0. The molecule has 8 nitrogen and oxygen atoms in total. The number of nitro groups is 1. The Kier molecular flexibility index (Phi) is 4.88. The minimum absolute atomic E-state index is 0.157. The lowest BCUT2D eigenvalue weighted by atomic mass is 10.2. The quantitative estimate of drug-likeness (QED) is 0.510. The van der Waals surface area contributed by atoms with Gasteiger partial charge >= 0.3 is 11.8 Å². The molecule has 0 bridgehead atoms. The van der Waals surface area contributed by atoms with Gasteiger partial charge in [-0.3, -0.25) is 19.7 Å². The Balaban J connectivity index is 2.03. The third-order valence-electron chi connectivity index (χ3n) is 2.85. The first-order chi connectivity index (χ1) is 11.0. The summed E-state index contributed by atoms with van der Waals surface area (Å²) in [5.74, 6) is -1.31. The van der Waals surface area contributed by atoms with E-state index in [2.05, 4.69) is 10.6 Å². The van der Waals surface area contributed by atoms with Crippen LogP contribution in [0.15, 0.2) is 48.5 Å². The number of nitro benzene ring substituents is 1. The van der Waals surface area contributed by atoms with Crippen molar-refractivity contribution < 1.29 is 19.2 Å². The summed E-state index contributed by atoms with van der Waals surface area (Å²) in [4.78, 5) is 33.8. The lowest BCUT2D eigenvalue weighted by Crippen LogP contribution is -2.29. The molecule has 0 radical (unpaired) electrons. The summed E-state index contributed by atoms with van der Waals surface area (Å²) in [6, 6.07) is 11.8. The normalized spacial score (nSPS) is 9.78. The van der Waals surface area contributed by atoms with Gasteiger partial charge in [-0.1, -0.05) is 12.1 Å². The molecule has 2 aromatic rings. The summed E-state index contributed by atoms with van der Waals surface area (Å²) >= 11 is 0. The number of amides is 2. The maximum atomic E-state index is 11.8. The summed E-state index contributed by atoms with van der Waals surface area (Å²) in [5, 5.41) is 15.4. The Morgan fingerprint density at radius 1 is 1.00 bits per heavy atom. The van der Waals surface area contributed by atoms with Gasteiger partial charge in [-0.25, -0.2) is 0 Å². The van der Waals surface area contributed by atoms with Crippen molar-refractivity contribution in [2.24, 2.45) is 0 Å². The summed E-state index contributed by atoms with van der Waals surface area (Å²) in [6.07, 6.45) is 0. The van der Waals surface area contributed by atoms with Crippen LogP contribution in [0.3, 0.4) is 0 Å². The van der Waals surface area contributed by atoms with Crippen LogP contribution in [0.5, 0.6) is 5.75 Å². The van der Waals surface area contributed by atoms with Crippen LogP contribution in [0.25, 0.3) is 0 Å². The van der Waals surface area contributed by atoms with Crippen molar-refractivity contribution in [3.05, 3.63) is 58.6 Å². The average molecular weight is 315 g/mol. The van der Waals surface area contributed by atoms with E-state index >= 15 is 0 Å². The van der Waals surface area contributed by atoms with Crippen molar-refractivity contribution in [3.63, 3.8) is 0 Å². The zero-order valence-electron chi connectivity index (χ0n) is 12.1. The molecule has 0 heterocycles. The van der Waals surface area contributed by atoms with Crippen molar-refractivity contribution >= 4 is 28.9 Å². The number of anilines is 2. The maximum Gasteiger partial charge on any atom is 0.314 e. The third-order valence-corrected chi connectivity index (χ3v) is 2.85. The first-order valence-electron chi connectivity index (χ1n) is 6.50. The van der Waals surface area contributed by atoms with E-state index in [1.54, 1.807) is 24.3 Å². The molecule has 0 aliphatic carbocycles. The Labute approximate surface area is 131 Å². The summed E-state index contributed by atoms with van der Waals surface area (Å²) in [5.41, 5.74) is 0.365. The van der Waals surface area contributed by atoms with Gasteiger partial charge in [-0.05, 0) is 18.2 Å². The molecular formula is C15H13N3O5. The second-order valence-electron chi connectivity index (χ2n) is 4.45. The number of hydrogen-bond donors (Lipinski definition) is 2. The van der Waals surface area contributed by atoms with Crippen LogP contribution in [0.2, 0.25) is 0 Å². The number of benzene rings is 2. The van der Waals surface area contributed by atoms with Gasteiger partial charge in [-0.2, -0.15) is 0 Å². The van der Waals surface area contributed by atoms with Gasteiger partial charge in [0, 0.05) is 29.6 Å². The molecule has 8 heteroatoms. The van der Waals surface area contributed by atoms with E-state index in [0.717, 1.165) is 6.07 Å². The lowest BCUT2D eigenvalue weighted by Gasteiger charge is -2.07. The zero-order chi connectivity index (χ0) is 16.8. The Bertz CT molecular complexity index is 760. The lowest BCUT2D eigenvalue weighted by molar-refractivity contribution is -0.384. The second-order valence-corrected chi connectivity index (χ2v) is 4.45. The van der Waals surface area contributed by atoms with Crippen molar-refractivity contribution in [2.45, 2.75) is 0 Å². The standard InChI is InChI=1S/C15H13N3O5/c1-23-13-7-3-5-11(9-13)17-15(20)14(19)16-10-4-2-6-12(8-10)18(21)22/h2-9H,1H3,(H,16,19)(H,17,20). The van der Waals surface area contributed by atoms with Crippen LogP contribution in [0, 0.1) is 10.1 Å². The van der Waals surface area contributed by atoms with Crippen LogP contribution < -0.4 is 15.4 Å². The fourth-order valence-electron chi connectivity index (χ4n) is 1.77. The minimum Gasteiger partial charge on any atom is -0.497 e. The largest absolute Gasteiger partial charge is 0.497 e. The van der Waals surface area contributed by atoms with Gasteiger partial charge in [0.2, 0.25) is 0 Å². The van der Waals surface area contributed by atoms with Crippen LogP contribution in [0.1, 0.15) is 0 Å². The van der Waals surface area contributed by atoms with Crippen LogP contribution >= 0.6 is 0 Å². The molecular weight excluding hydrogens is 302 g/mol. The summed E-state index contributed by atoms with van der Waals surface area (Å²) in [6.45, 7) is 0. The molecule has 0 saturated carbocycles. The zero-order valence-corrected chi connectivity index (χ0v) is 12.1. The molecule has 2 aromatic carbocycles. The number of nitrogens with zero attached hydrogens (tertiary/aromatic N) is 1. The van der Waals surface area contributed by atoms with E-state index in [1.165, 1.54) is 25.3 Å². The Morgan fingerprint density at radius 3 is 2.13 bits per heavy atom. The van der Waals surface area contributed by atoms with E-state index in [1.807, 2.05) is 0 Å². The summed E-state index contributed by atoms with van der Waals surface area (Å²) < 4.78 is 5.01. The Hall–Kier alpha value is -3.42. The molecule has 118 valence electrons. The molecule has 2 rings (SSSR count). The number of methoxy groups -OCH3 is 1. The smallest absolute Gasteiger partial charge is 0.314 e. The fourth-order valence-corrected chi connectivity index (χ4v) is 1.77. The molecule has 0 spiro atoms. The predicted molar refractivity (Wildman–Crippen MR) is 83.3 cm³/mol. The number of ether oxygens (including phenoxy) is 1. The molecule has 2 N–H and O–H groups in total. The van der Waals surface area contributed by atoms with E-state index in [4.69, 9.17) is 4.74 Å². The number of carbonyl (C=O) groups is 2. The monoisotopic (exact) mass is 315 g/mol. The number of rotatable bonds is 4. The Morgan fingerprint density at radius 2 is 1.57 bits per heavy atom. The van der Waals surface area contributed by atoms with E-state index in [9.17, 15) is 19.7 Å². The number of non-ortho nitro benzene ring substituents is 1. The number of nitrogens with one attached hydrogen (secondary N) is 2. The summed E-state index contributed by atoms with van der Waals surface area (Å²) in [7, 11) is 1.48. The number of carbonyl (C=O) groups excluding carboxylic acids is 2. The molecule has 2 amide bonds. The average Bonchev–Trinajstić information content (AvgIpc) is 2.55. The topological polar surface area (TPSA) is 111 Å². The van der Waals surface area contributed by atoms with Crippen molar-refractivity contribution in [1.29, 1.82) is 0 Å². The number of hydrogen-bond acceptors (Lipinski definition) is 5. The molecule has 0 fully saturated rings. The maximum absolute atomic E-state index is 11.8. The second kappa shape index (κ2) is 7.03. The molecule has 0 unspecified atom stereocenters. The minimum atomic E-state index is -0.937. The molecule has 0 aromatic heterocycles. The molecule has 0 aliphatic heterocycles. The highest BCUT2D eigenvalue weighted by atomic mass is 16.6. The predicted octanol–water partition coefficient (Wildman–Crippen LogP) is 2.18. The SMILES string of the molecule is COc1cccc(NC(=O)C(=O)Nc2cccc([N+](=O)[O-])c2)c1. The van der Waals surface area contributed by atoms with Gasteiger partial charge in [-0.15, -0.1) is 0 Å². The van der Waals surface area contributed by atoms with Gasteiger partial charge in [0.25, 0.3) is 5.69 Å². The third kappa shape index (κ3) is 4.27. The van der Waals surface area contributed by atoms with Gasteiger partial charge in [0.15, 0.2) is 0 Å². The van der Waals surface area contributed by atoms with Crippen molar-refractivity contribution in [3.8, 4) is 5.75 Å². The van der Waals surface area contributed by atoms with Crippen LogP contribution in [-0.2, 0) is 9.59 Å². The highest BCUT2D eigenvalue weighted by molar-refractivity contribution is 6.43. The van der Waals surface area contributed by atoms with Crippen LogP contribution in [0.4, 0.5) is 17.1 Å².